The molecular formula is C14H19N5O. The van der Waals surface area contributed by atoms with Crippen LogP contribution >= 0.6 is 0 Å². The molecule has 0 fully saturated rings. The van der Waals surface area contributed by atoms with Gasteiger partial charge in [-0.3, -0.25) is 4.79 Å². The van der Waals surface area contributed by atoms with Crippen LogP contribution in [0.2, 0.25) is 0 Å². The molecule has 1 heterocycles. The zero-order chi connectivity index (χ0) is 14.6. The number of nitrogens with one attached hydrogen (secondary N) is 1. The quantitative estimate of drug-likeness (QED) is 0.839. The van der Waals surface area contributed by atoms with Crippen LogP contribution in [-0.4, -0.2) is 26.2 Å². The molecule has 0 aliphatic rings. The molecule has 1 aromatic heterocycles. The van der Waals surface area contributed by atoms with Crippen LogP contribution in [0.1, 0.15) is 25.0 Å². The molecule has 0 spiro atoms. The van der Waals surface area contributed by atoms with Crippen molar-refractivity contribution in [2.24, 2.45) is 5.73 Å². The third-order valence-corrected chi connectivity index (χ3v) is 2.94. The highest BCUT2D eigenvalue weighted by Gasteiger charge is 2.21. The van der Waals surface area contributed by atoms with Gasteiger partial charge in [0.05, 0.1) is 12.1 Å². The van der Waals surface area contributed by atoms with Crippen molar-refractivity contribution < 1.29 is 4.79 Å². The third-order valence-electron chi connectivity index (χ3n) is 2.94. The van der Waals surface area contributed by atoms with E-state index in [4.69, 9.17) is 5.73 Å². The number of amides is 1. The Balaban J connectivity index is 2.06. The molecule has 0 saturated heterocycles. The van der Waals surface area contributed by atoms with E-state index in [9.17, 15) is 4.79 Å². The van der Waals surface area contributed by atoms with Gasteiger partial charge in [0.25, 0.3) is 0 Å². The minimum atomic E-state index is -0.874. The molecule has 0 aliphatic carbocycles. The van der Waals surface area contributed by atoms with Crippen LogP contribution < -0.4 is 11.1 Å². The summed E-state index contributed by atoms with van der Waals surface area (Å²) >= 11 is 0. The minimum Gasteiger partial charge on any atom is -0.350 e. The largest absolute Gasteiger partial charge is 0.350 e. The standard InChI is InChI=1S/C14H19N5O/c1-14(2,15)13(20)17-7-11-5-3-4-6-12(11)8-19-10-16-9-18-19/h3-6,9-10H,7-8,15H2,1-2H3,(H,17,20). The predicted octanol–water partition coefficient (Wildman–Crippen LogP) is 0.680. The monoisotopic (exact) mass is 273 g/mol. The van der Waals surface area contributed by atoms with Gasteiger partial charge < -0.3 is 11.1 Å². The van der Waals surface area contributed by atoms with Crippen molar-refractivity contribution in [3.05, 3.63) is 48.0 Å². The third kappa shape index (κ3) is 3.64. The molecule has 3 N–H and O–H groups in total. The van der Waals surface area contributed by atoms with Crippen LogP contribution in [0.4, 0.5) is 0 Å². The Kier molecular flexibility index (Phi) is 4.14. The van der Waals surface area contributed by atoms with Crippen molar-refractivity contribution in [3.8, 4) is 0 Å². The van der Waals surface area contributed by atoms with E-state index in [1.807, 2.05) is 24.3 Å². The van der Waals surface area contributed by atoms with Gasteiger partial charge in [-0.1, -0.05) is 24.3 Å². The first kappa shape index (κ1) is 14.2. The van der Waals surface area contributed by atoms with Gasteiger partial charge in [-0.25, -0.2) is 9.67 Å². The van der Waals surface area contributed by atoms with Crippen molar-refractivity contribution in [1.82, 2.24) is 20.1 Å². The molecule has 6 heteroatoms. The summed E-state index contributed by atoms with van der Waals surface area (Å²) in [4.78, 5) is 15.7. The molecule has 0 radical (unpaired) electrons. The average Bonchev–Trinajstić information content (AvgIpc) is 2.89. The minimum absolute atomic E-state index is 0.173. The molecule has 0 aliphatic heterocycles. The Morgan fingerprint density at radius 3 is 2.65 bits per heavy atom. The lowest BCUT2D eigenvalue weighted by Crippen LogP contribution is -2.48. The molecule has 1 amide bonds. The molecule has 2 rings (SSSR count). The number of carbonyl (C=O) groups excluding carboxylic acids is 1. The van der Waals surface area contributed by atoms with E-state index >= 15 is 0 Å². The molecule has 1 aromatic carbocycles. The number of rotatable bonds is 5. The summed E-state index contributed by atoms with van der Waals surface area (Å²) in [6.45, 7) is 4.44. The summed E-state index contributed by atoms with van der Waals surface area (Å²) in [6.07, 6.45) is 3.17. The summed E-state index contributed by atoms with van der Waals surface area (Å²) in [5.41, 5.74) is 7.02. The molecular weight excluding hydrogens is 254 g/mol. The number of aromatic nitrogens is 3. The van der Waals surface area contributed by atoms with Gasteiger partial charge in [-0.2, -0.15) is 5.10 Å². The van der Waals surface area contributed by atoms with Gasteiger partial charge in [-0.15, -0.1) is 0 Å². The fraction of sp³-hybridized carbons (Fsp3) is 0.357. The van der Waals surface area contributed by atoms with Crippen molar-refractivity contribution in [3.63, 3.8) is 0 Å². The van der Waals surface area contributed by atoms with E-state index in [0.29, 0.717) is 13.1 Å². The molecule has 6 nitrogen and oxygen atoms in total. The second kappa shape index (κ2) is 5.83. The lowest BCUT2D eigenvalue weighted by atomic mass is 10.0. The Morgan fingerprint density at radius 2 is 2.05 bits per heavy atom. The van der Waals surface area contributed by atoms with Crippen LogP contribution in [0.25, 0.3) is 0 Å². The van der Waals surface area contributed by atoms with Crippen molar-refractivity contribution in [2.75, 3.05) is 0 Å². The fourth-order valence-electron chi connectivity index (χ4n) is 1.78. The lowest BCUT2D eigenvalue weighted by molar-refractivity contribution is -0.125. The summed E-state index contributed by atoms with van der Waals surface area (Å²) in [6, 6.07) is 7.90. The summed E-state index contributed by atoms with van der Waals surface area (Å²) in [7, 11) is 0. The van der Waals surface area contributed by atoms with Crippen LogP contribution in [0.15, 0.2) is 36.9 Å². The normalized spacial score (nSPS) is 11.3. The smallest absolute Gasteiger partial charge is 0.239 e. The number of benzene rings is 1. The molecule has 0 atom stereocenters. The average molecular weight is 273 g/mol. The Bertz CT molecular complexity index is 572. The second-order valence-electron chi connectivity index (χ2n) is 5.27. The van der Waals surface area contributed by atoms with E-state index in [1.165, 1.54) is 6.33 Å². The van der Waals surface area contributed by atoms with Crippen LogP contribution in [-0.2, 0) is 17.9 Å². The molecule has 2 aromatic rings. The first-order valence-electron chi connectivity index (χ1n) is 6.43. The van der Waals surface area contributed by atoms with Crippen LogP contribution in [0, 0.1) is 0 Å². The van der Waals surface area contributed by atoms with E-state index in [2.05, 4.69) is 15.4 Å². The zero-order valence-electron chi connectivity index (χ0n) is 11.7. The SMILES string of the molecule is CC(C)(N)C(=O)NCc1ccccc1Cn1cncn1. The number of carbonyl (C=O) groups is 1. The number of nitrogens with zero attached hydrogens (tertiary/aromatic N) is 3. The van der Waals surface area contributed by atoms with Crippen molar-refractivity contribution in [1.29, 1.82) is 0 Å². The van der Waals surface area contributed by atoms with Gasteiger partial charge in [0.15, 0.2) is 0 Å². The topological polar surface area (TPSA) is 85.8 Å². The van der Waals surface area contributed by atoms with E-state index in [-0.39, 0.29) is 5.91 Å². The van der Waals surface area contributed by atoms with Crippen LogP contribution in [0.5, 0.6) is 0 Å². The highest BCUT2D eigenvalue weighted by atomic mass is 16.2. The predicted molar refractivity (Wildman–Crippen MR) is 75.7 cm³/mol. The van der Waals surface area contributed by atoms with Gasteiger partial charge in [-0.05, 0) is 25.0 Å². The number of hydrogen-bond acceptors (Lipinski definition) is 4. The first-order valence-corrected chi connectivity index (χ1v) is 6.43. The Morgan fingerprint density at radius 1 is 1.35 bits per heavy atom. The summed E-state index contributed by atoms with van der Waals surface area (Å²) in [5, 5.41) is 6.94. The first-order chi connectivity index (χ1) is 9.47. The highest BCUT2D eigenvalue weighted by molar-refractivity contribution is 5.85. The number of hydrogen-bond donors (Lipinski definition) is 2. The Labute approximate surface area is 118 Å². The second-order valence-corrected chi connectivity index (χ2v) is 5.27. The van der Waals surface area contributed by atoms with Crippen molar-refractivity contribution >= 4 is 5.91 Å². The van der Waals surface area contributed by atoms with E-state index in [0.717, 1.165) is 11.1 Å². The van der Waals surface area contributed by atoms with Gasteiger partial charge in [0.1, 0.15) is 12.7 Å². The van der Waals surface area contributed by atoms with Crippen molar-refractivity contribution in [2.45, 2.75) is 32.5 Å². The van der Waals surface area contributed by atoms with E-state index < -0.39 is 5.54 Å². The van der Waals surface area contributed by atoms with Crippen LogP contribution in [0.3, 0.4) is 0 Å². The lowest BCUT2D eigenvalue weighted by Gasteiger charge is -2.18. The van der Waals surface area contributed by atoms with Gasteiger partial charge in [0.2, 0.25) is 5.91 Å². The fourth-order valence-corrected chi connectivity index (χ4v) is 1.78. The molecule has 0 saturated carbocycles. The summed E-state index contributed by atoms with van der Waals surface area (Å²) in [5.74, 6) is -0.173. The maximum atomic E-state index is 11.8. The molecule has 20 heavy (non-hydrogen) atoms. The van der Waals surface area contributed by atoms with E-state index in [1.54, 1.807) is 24.9 Å². The maximum Gasteiger partial charge on any atom is 0.239 e. The highest BCUT2D eigenvalue weighted by Crippen LogP contribution is 2.10. The van der Waals surface area contributed by atoms with Gasteiger partial charge in [0, 0.05) is 6.54 Å². The molecule has 0 unspecified atom stereocenters. The zero-order valence-corrected chi connectivity index (χ0v) is 11.7. The molecule has 0 bridgehead atoms. The summed E-state index contributed by atoms with van der Waals surface area (Å²) < 4.78 is 1.74. The van der Waals surface area contributed by atoms with Gasteiger partial charge >= 0.3 is 0 Å². The number of nitrogens with two attached hydrogens (primary N) is 1. The Hall–Kier alpha value is -2.21. The maximum absolute atomic E-state index is 11.8. The molecule has 106 valence electrons.